The van der Waals surface area contributed by atoms with Crippen LogP contribution in [-0.4, -0.2) is 71.0 Å². The molecule has 1 saturated heterocycles. The second-order valence-corrected chi connectivity index (χ2v) is 8.77. The number of likely N-dealkylation sites (N-methyl/N-ethyl adjacent to an activating group) is 1. The number of fused-ring (bicyclic) bond motifs is 1. The number of carbonyl (C=O) groups excluding carboxylic acids is 2. The van der Waals surface area contributed by atoms with Crippen molar-refractivity contribution in [2.45, 2.75) is 20.3 Å². The molecule has 9 nitrogen and oxygen atoms in total. The van der Waals surface area contributed by atoms with Crippen LogP contribution in [0.25, 0.3) is 6.08 Å². The minimum Gasteiger partial charge on any atom is -0.453 e. The zero-order valence-corrected chi connectivity index (χ0v) is 20.1. The van der Waals surface area contributed by atoms with E-state index in [2.05, 4.69) is 20.3 Å². The van der Waals surface area contributed by atoms with Crippen molar-refractivity contribution in [2.75, 3.05) is 44.2 Å². The Bertz CT molecular complexity index is 1050. The molecular weight excluding hydrogens is 451 g/mol. The number of hydrogen-bond acceptors (Lipinski definition) is 7. The lowest BCUT2D eigenvalue weighted by Gasteiger charge is -2.22. The lowest BCUT2D eigenvalue weighted by molar-refractivity contribution is -0.133. The molecule has 10 heteroatoms. The molecule has 2 aromatic rings. The fraction of sp³-hybridized carbons (Fsp3) is 0.480. The molecular formula is C25H31FN6O3. The van der Waals surface area contributed by atoms with Gasteiger partial charge in [-0.1, -0.05) is 6.07 Å². The van der Waals surface area contributed by atoms with Crippen LogP contribution >= 0.6 is 0 Å². The van der Waals surface area contributed by atoms with Crippen LogP contribution in [0.1, 0.15) is 25.8 Å². The van der Waals surface area contributed by atoms with Crippen molar-refractivity contribution in [3.05, 3.63) is 48.2 Å². The van der Waals surface area contributed by atoms with Crippen molar-refractivity contribution in [1.82, 2.24) is 25.2 Å². The largest absolute Gasteiger partial charge is 0.453 e. The highest BCUT2D eigenvalue weighted by Crippen LogP contribution is 2.54. The topological polar surface area (TPSA) is 101 Å². The Labute approximate surface area is 204 Å². The number of aromatic nitrogens is 3. The van der Waals surface area contributed by atoms with Crippen molar-refractivity contribution < 1.29 is 18.7 Å². The molecule has 2 fully saturated rings. The van der Waals surface area contributed by atoms with E-state index < -0.39 is 5.82 Å². The Balaban J connectivity index is 1.21. The van der Waals surface area contributed by atoms with Crippen molar-refractivity contribution in [2.24, 2.45) is 17.8 Å². The predicted octanol–water partition coefficient (Wildman–Crippen LogP) is 2.16. The molecule has 2 aliphatic rings. The van der Waals surface area contributed by atoms with Gasteiger partial charge in [0.1, 0.15) is 0 Å². The Morgan fingerprint density at radius 2 is 2.03 bits per heavy atom. The molecule has 2 aromatic heterocycles. The third kappa shape index (κ3) is 6.12. The maximum atomic E-state index is 14.4. The van der Waals surface area contributed by atoms with Gasteiger partial charge in [0.15, 0.2) is 18.2 Å². The smallest absolute Gasteiger partial charge is 0.319 e. The number of nitrogens with one attached hydrogen (secondary N) is 1. The number of pyridine rings is 1. The highest BCUT2D eigenvalue weighted by Gasteiger charge is 2.55. The zero-order valence-electron chi connectivity index (χ0n) is 20.1. The standard InChI is InChI=1S/C25H31FN6O3/c1-3-31(4-2)23(34)16-35-25-29-13-21(26)24(30-25)32-14-19-18(20(19)15-32)9-11-28-22(33)8-7-17-6-5-10-27-12-17/h5-8,10,12-13,18-20H,3-4,9,11,14-16H2,1-2H3,(H,28,33)/b8-7+/t18-,19-,20+. The molecule has 3 heterocycles. The van der Waals surface area contributed by atoms with Crippen LogP contribution in [0.5, 0.6) is 6.01 Å². The van der Waals surface area contributed by atoms with Gasteiger partial charge in [-0.15, -0.1) is 0 Å². The zero-order chi connectivity index (χ0) is 24.8. The van der Waals surface area contributed by atoms with Gasteiger partial charge in [-0.05, 0) is 55.7 Å². The average Bonchev–Trinajstić information content (AvgIpc) is 3.31. The molecule has 0 aromatic carbocycles. The number of halogens is 1. The van der Waals surface area contributed by atoms with Crippen LogP contribution in [0.2, 0.25) is 0 Å². The summed E-state index contributed by atoms with van der Waals surface area (Å²) < 4.78 is 19.9. The Morgan fingerprint density at radius 3 is 2.71 bits per heavy atom. The van der Waals surface area contributed by atoms with E-state index in [-0.39, 0.29) is 30.2 Å². The molecule has 0 radical (unpaired) electrons. The second-order valence-electron chi connectivity index (χ2n) is 8.77. The van der Waals surface area contributed by atoms with Crippen LogP contribution in [-0.2, 0) is 9.59 Å². The van der Waals surface area contributed by atoms with Gasteiger partial charge >= 0.3 is 6.01 Å². The Morgan fingerprint density at radius 1 is 1.26 bits per heavy atom. The van der Waals surface area contributed by atoms with Gasteiger partial charge in [0.25, 0.3) is 5.91 Å². The Kier molecular flexibility index (Phi) is 7.89. The molecule has 0 spiro atoms. The minimum absolute atomic E-state index is 0.00100. The predicted molar refractivity (Wildman–Crippen MR) is 129 cm³/mol. The van der Waals surface area contributed by atoms with Crippen LogP contribution in [0.4, 0.5) is 10.2 Å². The lowest BCUT2D eigenvalue weighted by Crippen LogP contribution is -2.34. The summed E-state index contributed by atoms with van der Waals surface area (Å²) in [5.74, 6) is 0.858. The van der Waals surface area contributed by atoms with Crippen LogP contribution in [0.15, 0.2) is 36.8 Å². The van der Waals surface area contributed by atoms with Crippen LogP contribution in [0, 0.1) is 23.6 Å². The first-order chi connectivity index (χ1) is 17.0. The van der Waals surface area contributed by atoms with Crippen molar-refractivity contribution in [3.8, 4) is 6.01 Å². The number of nitrogens with zero attached hydrogens (tertiary/aromatic N) is 5. The summed E-state index contributed by atoms with van der Waals surface area (Å²) in [7, 11) is 0. The molecule has 4 rings (SSSR count). The van der Waals surface area contributed by atoms with E-state index in [1.807, 2.05) is 30.9 Å². The fourth-order valence-electron chi connectivity index (χ4n) is 4.75. The van der Waals surface area contributed by atoms with E-state index in [0.29, 0.717) is 50.5 Å². The summed E-state index contributed by atoms with van der Waals surface area (Å²) in [5.41, 5.74) is 0.875. The molecule has 186 valence electrons. The van der Waals surface area contributed by atoms with Crippen molar-refractivity contribution in [3.63, 3.8) is 0 Å². The lowest BCUT2D eigenvalue weighted by atomic mass is 10.2. The van der Waals surface area contributed by atoms with Gasteiger partial charge in [0, 0.05) is 51.2 Å². The first-order valence-electron chi connectivity index (χ1n) is 12.0. The monoisotopic (exact) mass is 482 g/mol. The molecule has 35 heavy (non-hydrogen) atoms. The van der Waals surface area contributed by atoms with Crippen molar-refractivity contribution in [1.29, 1.82) is 0 Å². The number of ether oxygens (including phenoxy) is 1. The quantitative estimate of drug-likeness (QED) is 0.490. The van der Waals surface area contributed by atoms with E-state index in [1.54, 1.807) is 23.4 Å². The molecule has 1 saturated carbocycles. The molecule has 1 N–H and O–H groups in total. The number of amides is 2. The van der Waals surface area contributed by atoms with Gasteiger partial charge in [-0.2, -0.15) is 4.98 Å². The average molecular weight is 483 g/mol. The molecule has 0 bridgehead atoms. The molecule has 0 unspecified atom stereocenters. The van der Waals surface area contributed by atoms with Gasteiger partial charge in [0.2, 0.25) is 5.91 Å². The number of carbonyl (C=O) groups is 2. The SMILES string of the molecule is CCN(CC)C(=O)COc1ncc(F)c(N2C[C@@H]3[C@@H](CCNC(=O)/C=C/c4cccnc4)[C@@H]3C2)n1. The number of hydrogen-bond donors (Lipinski definition) is 1. The normalized spacial score (nSPS) is 20.5. The number of rotatable bonds is 11. The van der Waals surface area contributed by atoms with E-state index in [1.165, 1.54) is 6.08 Å². The first-order valence-corrected chi connectivity index (χ1v) is 12.0. The number of piperidine rings is 1. The molecule has 2 amide bonds. The van der Waals surface area contributed by atoms with E-state index in [0.717, 1.165) is 18.2 Å². The van der Waals surface area contributed by atoms with Gasteiger partial charge in [-0.25, -0.2) is 9.37 Å². The maximum Gasteiger partial charge on any atom is 0.319 e. The fourth-order valence-corrected chi connectivity index (χ4v) is 4.75. The van der Waals surface area contributed by atoms with Gasteiger partial charge in [-0.3, -0.25) is 14.6 Å². The summed E-state index contributed by atoms with van der Waals surface area (Å²) in [6.45, 7) is 6.82. The van der Waals surface area contributed by atoms with Crippen molar-refractivity contribution >= 4 is 23.7 Å². The van der Waals surface area contributed by atoms with E-state index >= 15 is 0 Å². The summed E-state index contributed by atoms with van der Waals surface area (Å²) in [5, 5.41) is 2.92. The second kappa shape index (κ2) is 11.2. The summed E-state index contributed by atoms with van der Waals surface area (Å²) in [6.07, 6.45) is 8.62. The molecule has 3 atom stereocenters. The molecule has 1 aliphatic carbocycles. The third-order valence-electron chi connectivity index (χ3n) is 6.70. The highest BCUT2D eigenvalue weighted by atomic mass is 19.1. The number of anilines is 1. The van der Waals surface area contributed by atoms with Gasteiger partial charge < -0.3 is 19.9 Å². The summed E-state index contributed by atoms with van der Waals surface area (Å²) >= 11 is 0. The van der Waals surface area contributed by atoms with Crippen LogP contribution in [0.3, 0.4) is 0 Å². The molecule has 1 aliphatic heterocycles. The summed E-state index contributed by atoms with van der Waals surface area (Å²) in [6, 6.07) is 3.71. The Hall–Kier alpha value is -3.56. The summed E-state index contributed by atoms with van der Waals surface area (Å²) in [4.78, 5) is 39.8. The van der Waals surface area contributed by atoms with Gasteiger partial charge in [0.05, 0.1) is 6.20 Å². The highest BCUT2D eigenvalue weighted by molar-refractivity contribution is 5.91. The third-order valence-corrected chi connectivity index (χ3v) is 6.70. The maximum absolute atomic E-state index is 14.4. The van der Waals surface area contributed by atoms with Crippen LogP contribution < -0.4 is 15.0 Å². The first kappa shape index (κ1) is 24.6. The minimum atomic E-state index is -0.502. The van der Waals surface area contributed by atoms with E-state index in [4.69, 9.17) is 4.74 Å². The van der Waals surface area contributed by atoms with E-state index in [9.17, 15) is 14.0 Å².